The summed E-state index contributed by atoms with van der Waals surface area (Å²) in [6, 6.07) is 169. The van der Waals surface area contributed by atoms with E-state index in [1.165, 1.54) is 194 Å². The average Bonchev–Trinajstić information content (AvgIpc) is 0.784. The number of nitrogens with zero attached hydrogens (tertiary/aromatic N) is 6. The van der Waals surface area contributed by atoms with Crippen LogP contribution in [0.25, 0.3) is 73.7 Å². The van der Waals surface area contributed by atoms with Crippen molar-refractivity contribution >= 4 is 259 Å². The van der Waals surface area contributed by atoms with E-state index in [-0.39, 0.29) is 24.3 Å². The Labute approximate surface area is 825 Å². The van der Waals surface area contributed by atoms with Crippen molar-refractivity contribution in [2.45, 2.75) is 51.6 Å². The van der Waals surface area contributed by atoms with E-state index < -0.39 is 16.1 Å². The van der Waals surface area contributed by atoms with Crippen LogP contribution in [0.3, 0.4) is 0 Å². The topological polar surface area (TPSA) is 19.4 Å². The zero-order valence-corrected chi connectivity index (χ0v) is 81.9. The molecule has 20 aromatic carbocycles. The van der Waals surface area contributed by atoms with Crippen molar-refractivity contribution in [1.29, 1.82) is 0 Å². The molecule has 0 bridgehead atoms. The molecule has 22 aromatic rings. The van der Waals surface area contributed by atoms with E-state index in [0.29, 0.717) is 0 Å². The van der Waals surface area contributed by atoms with Crippen LogP contribution in [-0.4, -0.2) is 29.6 Å². The number of fused-ring (bicyclic) bond motifs is 12. The fourth-order valence-corrected chi connectivity index (χ4v) is 37.5. The molecule has 2 aromatic heterocycles. The molecule has 0 fully saturated rings. The summed E-state index contributed by atoms with van der Waals surface area (Å²) < 4.78 is 5.14. The Balaban J connectivity index is 0.612. The molecule has 0 radical (unpaired) electrons. The van der Waals surface area contributed by atoms with E-state index in [1.807, 2.05) is 22.7 Å². The number of hydrogen-bond acceptors (Lipinski definition) is 8. The predicted octanol–water partition coefficient (Wildman–Crippen LogP) is 26.6. The highest BCUT2D eigenvalue weighted by atomic mass is 32.1. The van der Waals surface area contributed by atoms with Crippen LogP contribution < -0.4 is 93.3 Å². The molecule has 0 unspecified atom stereocenters. The lowest BCUT2D eigenvalue weighted by Gasteiger charge is -2.51. The van der Waals surface area contributed by atoms with Crippen molar-refractivity contribution in [3.63, 3.8) is 0 Å². The zero-order valence-electron chi connectivity index (χ0n) is 78.2. The first-order valence-corrected chi connectivity index (χ1v) is 55.8. The number of para-hydroxylation sites is 3. The Bertz CT molecular complexity index is 8710. The molecule has 6 aliphatic heterocycles. The monoisotopic (exact) mass is 1850 g/mol. The molecule has 140 heavy (non-hydrogen) atoms. The molecule has 658 valence electrons. The Hall–Kier alpha value is -15.8. The Morgan fingerprint density at radius 1 is 0.221 bits per heavy atom. The van der Waals surface area contributed by atoms with Gasteiger partial charge in [0, 0.05) is 142 Å². The molecule has 0 spiro atoms. The van der Waals surface area contributed by atoms with Crippen molar-refractivity contribution in [2.75, 3.05) is 29.4 Å². The number of rotatable bonds is 13. The summed E-state index contributed by atoms with van der Waals surface area (Å²) in [5, 5.41) is 13.8. The van der Waals surface area contributed by atoms with Gasteiger partial charge in [-0.1, -0.05) is 341 Å². The molecule has 6 nitrogen and oxygen atoms in total. The first kappa shape index (κ1) is 80.3. The van der Waals surface area contributed by atoms with Gasteiger partial charge in [-0.3, -0.25) is 0 Å². The molecule has 30 rings (SSSR count). The highest BCUT2D eigenvalue weighted by Crippen LogP contribution is 2.58. The van der Waals surface area contributed by atoms with Crippen LogP contribution in [0.1, 0.15) is 49.9 Å². The van der Waals surface area contributed by atoms with Gasteiger partial charge in [-0.2, -0.15) is 0 Å². The minimum Gasteiger partial charge on any atom is -0.311 e. The number of benzene rings is 20. The number of anilines is 18. The second kappa shape index (κ2) is 29.4. The first-order chi connectivity index (χ1) is 68.7. The lowest BCUT2D eigenvalue weighted by atomic mass is 9.33. The predicted molar refractivity (Wildman–Crippen MR) is 604 cm³/mol. The zero-order chi connectivity index (χ0) is 92.7. The minimum atomic E-state index is -3.09. The first-order valence-electron chi connectivity index (χ1n) is 49.2. The molecule has 0 N–H and O–H groups in total. The van der Waals surface area contributed by atoms with E-state index in [4.69, 9.17) is 0 Å². The van der Waals surface area contributed by atoms with Crippen molar-refractivity contribution in [2.24, 2.45) is 0 Å². The van der Waals surface area contributed by atoms with Gasteiger partial charge in [0.1, 0.15) is 16.1 Å². The average molecular weight is 1850 g/mol. The fourth-order valence-electron chi connectivity index (χ4n) is 26.8. The van der Waals surface area contributed by atoms with Crippen molar-refractivity contribution in [3.8, 4) is 33.4 Å². The molecule has 0 atom stereocenters. The highest BCUT2D eigenvalue weighted by molar-refractivity contribution is 7.26. The summed E-state index contributed by atoms with van der Waals surface area (Å²) in [6.07, 6.45) is 0. The van der Waals surface area contributed by atoms with E-state index in [1.54, 1.807) is 0 Å². The third-order valence-electron chi connectivity index (χ3n) is 33.1. The molecule has 2 aliphatic carbocycles. The summed E-state index contributed by atoms with van der Waals surface area (Å²) in [5.41, 5.74) is 41.5. The largest absolute Gasteiger partial charge is 0.311 e. The van der Waals surface area contributed by atoms with Crippen molar-refractivity contribution in [3.05, 3.63) is 459 Å². The van der Waals surface area contributed by atoms with E-state index in [2.05, 4.69) is 507 Å². The third kappa shape index (κ3) is 11.0. The lowest BCUT2D eigenvalue weighted by molar-refractivity contribution is 0.660. The maximum atomic E-state index is 2.69. The lowest BCUT2D eigenvalue weighted by Crippen LogP contribution is -2.83. The SMILES string of the molecule is CC1(C)c2ccccc2-c2ccc(N3c4cc(N(c5ccccc5)c5ccccc5)cc5c4B4c6c3cccc6[Si](C)(c3ccc(-c6cccc(N(c7ccccc7)c7cc8c9c(c7)N(c7ccc%10c(c7)sc7ccccc7%10)c7cccc%10c7B9c7c(cccc7[Si]%10(C)c7ccccc7)N8c7ccc8c(c7)sc7ccccc78)c6)cc3)c3cccc(c34)N5c3ccc4c(c3)C(C)(C)c3ccccc3-4)cc21. The molecule has 0 saturated carbocycles. The maximum Gasteiger partial charge on any atom is 0.251 e. The summed E-state index contributed by atoms with van der Waals surface area (Å²) in [5.74, 6) is 0. The Kier molecular flexibility index (Phi) is 16.9. The third-order valence-corrected chi connectivity index (χ3v) is 44.4. The van der Waals surface area contributed by atoms with Gasteiger partial charge in [0.2, 0.25) is 0 Å². The van der Waals surface area contributed by atoms with Gasteiger partial charge in [0.25, 0.3) is 13.4 Å². The van der Waals surface area contributed by atoms with Gasteiger partial charge < -0.3 is 29.4 Å². The van der Waals surface area contributed by atoms with Gasteiger partial charge in [-0.15, -0.1) is 22.7 Å². The normalized spacial score (nSPS) is 15.1. The smallest absolute Gasteiger partial charge is 0.251 e. The molecule has 0 saturated heterocycles. The quantitative estimate of drug-likeness (QED) is 0.106. The van der Waals surface area contributed by atoms with Crippen molar-refractivity contribution in [1.82, 2.24) is 0 Å². The number of hydrogen-bond donors (Lipinski definition) is 0. The van der Waals surface area contributed by atoms with Crippen LogP contribution >= 0.6 is 22.7 Å². The van der Waals surface area contributed by atoms with Gasteiger partial charge >= 0.3 is 0 Å². The summed E-state index contributed by atoms with van der Waals surface area (Å²) in [4.78, 5) is 15.8. The van der Waals surface area contributed by atoms with Gasteiger partial charge in [-0.05, 0) is 257 Å². The molecule has 8 aliphatic rings. The standard InChI is InChI=1S/C128H90B2N6S2Si2/c1-127(2)101-46-23-19-42-93(101)95-66-60-85(71-103(95)127)133-105-48-28-56-119-123(105)129-121-109(133)73-89(131(81-33-11-7-12-34-81)82-35-13-8-14-36-82)74-110(121)134(86-61-67-96-94-43-20-24-47-102(94)128(3,4)104(96)72-86)106-49-29-57-120(124(106)129)140(119,6)92-64-58-79(59-65-92)80-32-27-39-84(70-80)132(83-37-15-9-16-38-83)90-75-111-122-112(76-90)136(88-63-69-100-98-45-22-26-53-114(98)138-116(100)78-88)108-51-31-55-118-126(108)130(122)125-107(50-30-54-117(125)139(118,5)91-40-17-10-18-41-91)135(111)87-62-68-99-97-44-21-25-52-113(97)137-115(99)77-87/h7-78H,1-6H3. The summed E-state index contributed by atoms with van der Waals surface area (Å²) >= 11 is 3.79. The van der Waals surface area contributed by atoms with Gasteiger partial charge in [-0.25, -0.2) is 0 Å². The fraction of sp³-hybridized carbons (Fsp3) is 0.0625. The summed E-state index contributed by atoms with van der Waals surface area (Å²) in [6.45, 7) is 14.8. The van der Waals surface area contributed by atoms with Crippen LogP contribution in [0.15, 0.2) is 437 Å². The van der Waals surface area contributed by atoms with E-state index in [9.17, 15) is 0 Å². The van der Waals surface area contributed by atoms with Crippen LogP contribution in [0.4, 0.5) is 102 Å². The molecule has 8 heterocycles. The maximum absolute atomic E-state index is 3.09. The van der Waals surface area contributed by atoms with E-state index in [0.717, 1.165) is 68.0 Å². The van der Waals surface area contributed by atoms with Gasteiger partial charge in [0.15, 0.2) is 0 Å². The molecule has 0 amide bonds. The molecular weight excluding hydrogens is 1760 g/mol. The van der Waals surface area contributed by atoms with Crippen LogP contribution in [0.5, 0.6) is 0 Å². The minimum absolute atomic E-state index is 0.0645. The Morgan fingerprint density at radius 3 is 0.957 bits per heavy atom. The van der Waals surface area contributed by atoms with E-state index >= 15 is 0 Å². The number of thiophene rings is 2. The summed E-state index contributed by atoms with van der Waals surface area (Å²) in [7, 11) is -5.85. The second-order valence-electron chi connectivity index (χ2n) is 40.7. The van der Waals surface area contributed by atoms with Crippen LogP contribution in [-0.2, 0) is 10.8 Å². The van der Waals surface area contributed by atoms with Crippen LogP contribution in [0.2, 0.25) is 13.1 Å². The Morgan fingerprint density at radius 2 is 0.543 bits per heavy atom. The molecule has 12 heteroatoms. The molecular formula is C128H90B2N6S2Si2. The van der Waals surface area contributed by atoms with Crippen molar-refractivity contribution < 1.29 is 0 Å². The van der Waals surface area contributed by atoms with Gasteiger partial charge in [0.05, 0.1) is 11.4 Å². The van der Waals surface area contributed by atoms with Crippen LogP contribution in [0, 0.1) is 0 Å². The highest BCUT2D eigenvalue weighted by Gasteiger charge is 2.57. The second-order valence-corrected chi connectivity index (χ2v) is 50.7.